The third-order valence-corrected chi connectivity index (χ3v) is 1.94. The number of carbonyl (C=O) groups is 1. The standard InChI is InChI=1S/C8H7ClF2N2O/c9-2-5-6(12)1-4(3-14)13-7(5)8(10)11/h1,3,8H,2H2,(H2,12,13). The fourth-order valence-electron chi connectivity index (χ4n) is 1.02. The largest absolute Gasteiger partial charge is 0.398 e. The lowest BCUT2D eigenvalue weighted by molar-refractivity contribution is 0.111. The molecule has 0 saturated heterocycles. The molecule has 0 saturated carbocycles. The van der Waals surface area contributed by atoms with Gasteiger partial charge in [0.25, 0.3) is 6.43 Å². The van der Waals surface area contributed by atoms with Crippen molar-refractivity contribution in [2.75, 3.05) is 5.73 Å². The van der Waals surface area contributed by atoms with Crippen molar-refractivity contribution in [2.24, 2.45) is 0 Å². The smallest absolute Gasteiger partial charge is 0.280 e. The van der Waals surface area contributed by atoms with Crippen molar-refractivity contribution in [3.05, 3.63) is 23.0 Å². The molecule has 1 rings (SSSR count). The lowest BCUT2D eigenvalue weighted by atomic mass is 10.1. The number of anilines is 1. The minimum Gasteiger partial charge on any atom is -0.398 e. The first-order valence-corrected chi connectivity index (χ1v) is 4.22. The fraction of sp³-hybridized carbons (Fsp3) is 0.250. The van der Waals surface area contributed by atoms with Crippen LogP contribution >= 0.6 is 11.6 Å². The normalized spacial score (nSPS) is 10.6. The Balaban J connectivity index is 3.35. The monoisotopic (exact) mass is 220 g/mol. The highest BCUT2D eigenvalue weighted by molar-refractivity contribution is 6.17. The van der Waals surface area contributed by atoms with Crippen LogP contribution in [0.1, 0.15) is 28.2 Å². The second-order valence-corrected chi connectivity index (χ2v) is 2.82. The third kappa shape index (κ3) is 1.98. The van der Waals surface area contributed by atoms with E-state index in [4.69, 9.17) is 17.3 Å². The van der Waals surface area contributed by atoms with Crippen molar-refractivity contribution in [1.82, 2.24) is 4.98 Å². The summed E-state index contributed by atoms with van der Waals surface area (Å²) >= 11 is 5.44. The Labute approximate surface area is 83.9 Å². The molecule has 6 heteroatoms. The van der Waals surface area contributed by atoms with Crippen LogP contribution in [0.4, 0.5) is 14.5 Å². The lowest BCUT2D eigenvalue weighted by Gasteiger charge is -2.08. The van der Waals surface area contributed by atoms with Crippen LogP contribution in [0.5, 0.6) is 0 Å². The van der Waals surface area contributed by atoms with Crippen molar-refractivity contribution in [3.63, 3.8) is 0 Å². The first kappa shape index (κ1) is 10.8. The quantitative estimate of drug-likeness (QED) is 0.627. The van der Waals surface area contributed by atoms with E-state index in [2.05, 4.69) is 4.98 Å². The molecule has 0 spiro atoms. The van der Waals surface area contributed by atoms with Gasteiger partial charge < -0.3 is 5.73 Å². The number of nitrogen functional groups attached to an aromatic ring is 1. The first-order valence-electron chi connectivity index (χ1n) is 3.68. The molecule has 0 radical (unpaired) electrons. The van der Waals surface area contributed by atoms with Crippen LogP contribution in [0.3, 0.4) is 0 Å². The van der Waals surface area contributed by atoms with Crippen molar-refractivity contribution >= 4 is 23.6 Å². The highest BCUT2D eigenvalue weighted by Crippen LogP contribution is 2.26. The summed E-state index contributed by atoms with van der Waals surface area (Å²) in [5, 5.41) is 0. The van der Waals surface area contributed by atoms with Gasteiger partial charge in [0.05, 0.1) is 5.88 Å². The second kappa shape index (κ2) is 4.32. The van der Waals surface area contributed by atoms with Gasteiger partial charge in [0.2, 0.25) is 0 Å². The molecule has 1 heterocycles. The fourth-order valence-corrected chi connectivity index (χ4v) is 1.31. The Bertz CT molecular complexity index is 357. The topological polar surface area (TPSA) is 56.0 Å². The average Bonchev–Trinajstić information content (AvgIpc) is 2.16. The van der Waals surface area contributed by atoms with Crippen LogP contribution in [-0.4, -0.2) is 11.3 Å². The van der Waals surface area contributed by atoms with E-state index < -0.39 is 12.1 Å². The molecular weight excluding hydrogens is 214 g/mol. The number of pyridine rings is 1. The molecule has 0 bridgehead atoms. The van der Waals surface area contributed by atoms with Crippen molar-refractivity contribution in [3.8, 4) is 0 Å². The Kier molecular flexibility index (Phi) is 3.35. The molecule has 2 N–H and O–H groups in total. The zero-order valence-electron chi connectivity index (χ0n) is 7.01. The van der Waals surface area contributed by atoms with E-state index in [0.29, 0.717) is 6.29 Å². The van der Waals surface area contributed by atoms with Crippen molar-refractivity contribution in [1.29, 1.82) is 0 Å². The number of alkyl halides is 3. The molecule has 0 aliphatic carbocycles. The van der Waals surface area contributed by atoms with Gasteiger partial charge in [0, 0.05) is 11.3 Å². The lowest BCUT2D eigenvalue weighted by Crippen LogP contribution is -2.05. The molecule has 0 amide bonds. The van der Waals surface area contributed by atoms with Gasteiger partial charge in [-0.3, -0.25) is 4.79 Å². The molecule has 0 fully saturated rings. The van der Waals surface area contributed by atoms with Gasteiger partial charge in [0.1, 0.15) is 11.4 Å². The van der Waals surface area contributed by atoms with Crippen LogP contribution in [-0.2, 0) is 5.88 Å². The molecule has 76 valence electrons. The molecule has 1 aromatic rings. The first-order chi connectivity index (χ1) is 6.60. The van der Waals surface area contributed by atoms with E-state index in [1.807, 2.05) is 0 Å². The highest BCUT2D eigenvalue weighted by Gasteiger charge is 2.17. The Morgan fingerprint density at radius 1 is 1.64 bits per heavy atom. The SMILES string of the molecule is Nc1cc(C=O)nc(C(F)F)c1CCl. The summed E-state index contributed by atoms with van der Waals surface area (Å²) in [7, 11) is 0. The maximum Gasteiger partial charge on any atom is 0.280 e. The van der Waals surface area contributed by atoms with Crippen molar-refractivity contribution in [2.45, 2.75) is 12.3 Å². The maximum absolute atomic E-state index is 12.4. The summed E-state index contributed by atoms with van der Waals surface area (Å²) in [5.74, 6) is -0.155. The van der Waals surface area contributed by atoms with E-state index in [0.717, 1.165) is 0 Å². The summed E-state index contributed by atoms with van der Waals surface area (Å²) in [6.45, 7) is 0. The Morgan fingerprint density at radius 2 is 2.29 bits per heavy atom. The van der Waals surface area contributed by atoms with Gasteiger partial charge >= 0.3 is 0 Å². The van der Waals surface area contributed by atoms with E-state index in [1.165, 1.54) is 6.07 Å². The molecule has 0 unspecified atom stereocenters. The zero-order chi connectivity index (χ0) is 10.7. The molecule has 0 aliphatic heterocycles. The van der Waals surface area contributed by atoms with Crippen LogP contribution in [0.15, 0.2) is 6.07 Å². The van der Waals surface area contributed by atoms with Crippen LogP contribution in [0.25, 0.3) is 0 Å². The number of rotatable bonds is 3. The van der Waals surface area contributed by atoms with Gasteiger partial charge in [-0.1, -0.05) is 0 Å². The van der Waals surface area contributed by atoms with Gasteiger partial charge in [-0.15, -0.1) is 11.6 Å². The summed E-state index contributed by atoms with van der Waals surface area (Å²) in [4.78, 5) is 13.8. The molecule has 0 atom stereocenters. The zero-order valence-corrected chi connectivity index (χ0v) is 7.76. The predicted molar refractivity (Wildman–Crippen MR) is 48.6 cm³/mol. The minimum atomic E-state index is -2.79. The molecule has 14 heavy (non-hydrogen) atoms. The van der Waals surface area contributed by atoms with E-state index in [9.17, 15) is 13.6 Å². The van der Waals surface area contributed by atoms with Crippen LogP contribution in [0, 0.1) is 0 Å². The average molecular weight is 221 g/mol. The predicted octanol–water partition coefficient (Wildman–Crippen LogP) is 2.15. The number of carbonyl (C=O) groups excluding carboxylic acids is 1. The van der Waals surface area contributed by atoms with Gasteiger partial charge in [-0.25, -0.2) is 13.8 Å². The van der Waals surface area contributed by atoms with Gasteiger partial charge in [-0.05, 0) is 6.07 Å². The number of hydrogen-bond donors (Lipinski definition) is 1. The highest BCUT2D eigenvalue weighted by atomic mass is 35.5. The number of halogens is 3. The number of nitrogens with two attached hydrogens (primary N) is 1. The molecule has 0 aliphatic rings. The van der Waals surface area contributed by atoms with Crippen LogP contribution in [0.2, 0.25) is 0 Å². The molecular formula is C8H7ClF2N2O. The number of aldehydes is 1. The Hall–Kier alpha value is -1.23. The minimum absolute atomic E-state index is 0.0624. The summed E-state index contributed by atoms with van der Waals surface area (Å²) in [6.07, 6.45) is -2.42. The Morgan fingerprint density at radius 3 is 2.71 bits per heavy atom. The summed E-state index contributed by atoms with van der Waals surface area (Å²) in [5.41, 5.74) is 4.92. The van der Waals surface area contributed by atoms with Gasteiger partial charge in [0.15, 0.2) is 6.29 Å². The van der Waals surface area contributed by atoms with Crippen molar-refractivity contribution < 1.29 is 13.6 Å². The van der Waals surface area contributed by atoms with E-state index >= 15 is 0 Å². The third-order valence-electron chi connectivity index (χ3n) is 1.67. The van der Waals surface area contributed by atoms with E-state index in [1.54, 1.807) is 0 Å². The van der Waals surface area contributed by atoms with E-state index in [-0.39, 0.29) is 22.8 Å². The number of hydrogen-bond acceptors (Lipinski definition) is 3. The number of aromatic nitrogens is 1. The van der Waals surface area contributed by atoms with Crippen LogP contribution < -0.4 is 5.73 Å². The maximum atomic E-state index is 12.4. The summed E-state index contributed by atoms with van der Waals surface area (Å²) < 4.78 is 24.8. The summed E-state index contributed by atoms with van der Waals surface area (Å²) in [6, 6.07) is 1.22. The number of nitrogens with zero attached hydrogens (tertiary/aromatic N) is 1. The molecule has 1 aromatic heterocycles. The van der Waals surface area contributed by atoms with Gasteiger partial charge in [-0.2, -0.15) is 0 Å². The molecule has 0 aromatic carbocycles. The second-order valence-electron chi connectivity index (χ2n) is 2.55. The molecule has 3 nitrogen and oxygen atoms in total.